The molecule has 7 heteroatoms. The lowest BCUT2D eigenvalue weighted by Gasteiger charge is -2.34. The van der Waals surface area contributed by atoms with Crippen LogP contribution in [0.25, 0.3) is 0 Å². The van der Waals surface area contributed by atoms with Gasteiger partial charge in [-0.25, -0.2) is 4.39 Å². The minimum Gasteiger partial charge on any atom is -0.350 e. The number of carbonyl (C=O) groups excluding carboxylic acids is 2. The van der Waals surface area contributed by atoms with Crippen molar-refractivity contribution >= 4 is 39.5 Å². The monoisotopic (exact) mass is 570 g/mol. The molecule has 0 aliphatic rings. The van der Waals surface area contributed by atoms with E-state index in [1.165, 1.54) is 23.9 Å². The second-order valence-electron chi connectivity index (χ2n) is 9.72. The molecule has 1 unspecified atom stereocenters. The molecule has 36 heavy (non-hydrogen) atoms. The Morgan fingerprint density at radius 1 is 0.944 bits per heavy atom. The summed E-state index contributed by atoms with van der Waals surface area (Å²) in [7, 11) is 0. The Morgan fingerprint density at radius 3 is 2.25 bits per heavy atom. The first-order valence-electron chi connectivity index (χ1n) is 11.8. The molecule has 0 spiro atoms. The van der Waals surface area contributed by atoms with E-state index in [0.717, 1.165) is 21.2 Å². The number of carbonyl (C=O) groups is 2. The molecule has 190 valence electrons. The molecule has 3 aromatic carbocycles. The van der Waals surface area contributed by atoms with Gasteiger partial charge in [0.05, 0.1) is 5.75 Å². The SMILES string of the molecule is CC(C)(C)NC(=O)C(Cc1ccccc1)N(Cc1cccc(Br)c1)C(=O)CSCc1ccc(F)cc1. The Bertz CT molecular complexity index is 1150. The zero-order valence-corrected chi connectivity index (χ0v) is 23.2. The third-order valence-corrected chi connectivity index (χ3v) is 6.90. The first-order valence-corrected chi connectivity index (χ1v) is 13.8. The number of nitrogens with zero attached hydrogens (tertiary/aromatic N) is 1. The van der Waals surface area contributed by atoms with Gasteiger partial charge in [0.2, 0.25) is 11.8 Å². The third kappa shape index (κ3) is 9.10. The van der Waals surface area contributed by atoms with Crippen molar-refractivity contribution in [3.05, 3.63) is 106 Å². The zero-order valence-electron chi connectivity index (χ0n) is 20.8. The number of halogens is 2. The Labute approximate surface area is 225 Å². The highest BCUT2D eigenvalue weighted by molar-refractivity contribution is 9.10. The Morgan fingerprint density at radius 2 is 1.61 bits per heavy atom. The Kier molecular flexibility index (Phi) is 10.1. The van der Waals surface area contributed by atoms with E-state index in [0.29, 0.717) is 18.7 Å². The van der Waals surface area contributed by atoms with Gasteiger partial charge in [-0.05, 0) is 61.7 Å². The van der Waals surface area contributed by atoms with Crippen LogP contribution < -0.4 is 5.32 Å². The number of rotatable bonds is 10. The Hall–Kier alpha value is -2.64. The maximum atomic E-state index is 13.6. The van der Waals surface area contributed by atoms with Gasteiger partial charge in [-0.2, -0.15) is 0 Å². The summed E-state index contributed by atoms with van der Waals surface area (Å²) in [4.78, 5) is 28.9. The van der Waals surface area contributed by atoms with Gasteiger partial charge >= 0.3 is 0 Å². The van der Waals surface area contributed by atoms with Gasteiger partial charge in [0.1, 0.15) is 11.9 Å². The van der Waals surface area contributed by atoms with Crippen LogP contribution >= 0.6 is 27.7 Å². The van der Waals surface area contributed by atoms with Crippen molar-refractivity contribution in [1.29, 1.82) is 0 Å². The Balaban J connectivity index is 1.86. The lowest BCUT2D eigenvalue weighted by molar-refractivity contribution is -0.140. The second kappa shape index (κ2) is 13.1. The molecule has 2 amide bonds. The molecule has 3 aromatic rings. The zero-order chi connectivity index (χ0) is 26.1. The van der Waals surface area contributed by atoms with Crippen molar-refractivity contribution in [2.24, 2.45) is 0 Å². The van der Waals surface area contributed by atoms with Crippen molar-refractivity contribution in [2.45, 2.75) is 51.1 Å². The number of amides is 2. The topological polar surface area (TPSA) is 49.4 Å². The number of nitrogens with one attached hydrogen (secondary N) is 1. The molecule has 0 radical (unpaired) electrons. The van der Waals surface area contributed by atoms with Crippen LogP contribution in [0.4, 0.5) is 4.39 Å². The highest BCUT2D eigenvalue weighted by Crippen LogP contribution is 2.21. The molecule has 0 saturated heterocycles. The fourth-order valence-corrected chi connectivity index (χ4v) is 5.08. The number of benzene rings is 3. The number of hydrogen-bond donors (Lipinski definition) is 1. The van der Waals surface area contributed by atoms with Crippen molar-refractivity contribution in [2.75, 3.05) is 5.75 Å². The summed E-state index contributed by atoms with van der Waals surface area (Å²) in [6.07, 6.45) is 0.408. The van der Waals surface area contributed by atoms with Gasteiger partial charge in [0.15, 0.2) is 0 Å². The maximum Gasteiger partial charge on any atom is 0.243 e. The van der Waals surface area contributed by atoms with Gasteiger partial charge in [-0.1, -0.05) is 70.5 Å². The van der Waals surface area contributed by atoms with E-state index < -0.39 is 11.6 Å². The van der Waals surface area contributed by atoms with Crippen LogP contribution in [0.2, 0.25) is 0 Å². The van der Waals surface area contributed by atoms with Gasteiger partial charge in [-0.3, -0.25) is 9.59 Å². The molecule has 0 bridgehead atoms. The predicted octanol–water partition coefficient (Wildman–Crippen LogP) is 6.38. The van der Waals surface area contributed by atoms with Crippen LogP contribution in [-0.2, 0) is 28.3 Å². The largest absolute Gasteiger partial charge is 0.350 e. The third-order valence-electron chi connectivity index (χ3n) is 5.42. The van der Waals surface area contributed by atoms with Crippen LogP contribution in [0.3, 0.4) is 0 Å². The van der Waals surface area contributed by atoms with Crippen molar-refractivity contribution in [1.82, 2.24) is 10.2 Å². The van der Waals surface area contributed by atoms with Crippen molar-refractivity contribution in [3.63, 3.8) is 0 Å². The summed E-state index contributed by atoms with van der Waals surface area (Å²) in [6.45, 7) is 6.11. The van der Waals surface area contributed by atoms with Gasteiger partial charge in [0.25, 0.3) is 0 Å². The lowest BCUT2D eigenvalue weighted by atomic mass is 10.0. The maximum absolute atomic E-state index is 13.6. The molecule has 0 aliphatic heterocycles. The summed E-state index contributed by atoms with van der Waals surface area (Å²) in [5.74, 6) is 0.201. The average Bonchev–Trinajstić information content (AvgIpc) is 2.82. The molecule has 0 saturated carbocycles. The minimum atomic E-state index is -0.676. The average molecular weight is 572 g/mol. The first-order chi connectivity index (χ1) is 17.1. The molecular formula is C29H32BrFN2O2S. The van der Waals surface area contributed by atoms with Gasteiger partial charge < -0.3 is 10.2 Å². The van der Waals surface area contributed by atoms with Crippen LogP contribution in [0.1, 0.15) is 37.5 Å². The van der Waals surface area contributed by atoms with Crippen LogP contribution in [0, 0.1) is 5.82 Å². The van der Waals surface area contributed by atoms with Crippen LogP contribution in [-0.4, -0.2) is 34.0 Å². The highest BCUT2D eigenvalue weighted by Gasteiger charge is 2.32. The van der Waals surface area contributed by atoms with Crippen molar-refractivity contribution in [3.8, 4) is 0 Å². The second-order valence-corrected chi connectivity index (χ2v) is 11.6. The molecular weight excluding hydrogens is 539 g/mol. The van der Waals surface area contributed by atoms with E-state index in [-0.39, 0.29) is 23.4 Å². The smallest absolute Gasteiger partial charge is 0.243 e. The molecule has 1 atom stereocenters. The van der Waals surface area contributed by atoms with E-state index in [1.54, 1.807) is 17.0 Å². The summed E-state index contributed by atoms with van der Waals surface area (Å²) < 4.78 is 14.1. The molecule has 1 N–H and O–H groups in total. The standard InChI is InChI=1S/C29H32BrFN2O2S/c1-29(2,3)32-28(35)26(17-21-8-5-4-6-9-21)33(18-23-10-7-11-24(30)16-23)27(34)20-36-19-22-12-14-25(31)15-13-22/h4-16,26H,17-20H2,1-3H3,(H,32,35). The van der Waals surface area contributed by atoms with Gasteiger partial charge in [0, 0.05) is 28.7 Å². The van der Waals surface area contributed by atoms with Crippen LogP contribution in [0.5, 0.6) is 0 Å². The van der Waals surface area contributed by atoms with E-state index in [1.807, 2.05) is 75.4 Å². The van der Waals surface area contributed by atoms with Crippen LogP contribution in [0.15, 0.2) is 83.3 Å². The number of thioether (sulfide) groups is 1. The predicted molar refractivity (Wildman–Crippen MR) is 149 cm³/mol. The molecule has 0 fully saturated rings. The summed E-state index contributed by atoms with van der Waals surface area (Å²) in [5.41, 5.74) is 2.42. The molecule has 0 aromatic heterocycles. The lowest BCUT2D eigenvalue weighted by Crippen LogP contribution is -2.54. The minimum absolute atomic E-state index is 0.118. The molecule has 4 nitrogen and oxygen atoms in total. The summed E-state index contributed by atoms with van der Waals surface area (Å²) in [5, 5.41) is 3.07. The summed E-state index contributed by atoms with van der Waals surface area (Å²) in [6, 6.07) is 23.1. The van der Waals surface area contributed by atoms with E-state index in [4.69, 9.17) is 0 Å². The van der Waals surface area contributed by atoms with E-state index >= 15 is 0 Å². The molecule has 0 heterocycles. The van der Waals surface area contributed by atoms with Gasteiger partial charge in [-0.15, -0.1) is 11.8 Å². The first kappa shape index (κ1) is 27.9. The number of hydrogen-bond acceptors (Lipinski definition) is 3. The molecule has 3 rings (SSSR count). The molecule has 0 aliphatic carbocycles. The normalized spacial score (nSPS) is 12.1. The fraction of sp³-hybridized carbons (Fsp3) is 0.310. The fourth-order valence-electron chi connectivity index (χ4n) is 3.76. The quantitative estimate of drug-likeness (QED) is 0.308. The van der Waals surface area contributed by atoms with E-state index in [9.17, 15) is 14.0 Å². The summed E-state index contributed by atoms with van der Waals surface area (Å²) >= 11 is 4.96. The van der Waals surface area contributed by atoms with E-state index in [2.05, 4.69) is 21.2 Å². The highest BCUT2D eigenvalue weighted by atomic mass is 79.9. The van der Waals surface area contributed by atoms with Crippen molar-refractivity contribution < 1.29 is 14.0 Å².